The van der Waals surface area contributed by atoms with Crippen LogP contribution in [0, 0.1) is 11.3 Å². The third-order valence-electron chi connectivity index (χ3n) is 3.56. The number of rotatable bonds is 4. The lowest BCUT2D eigenvalue weighted by Gasteiger charge is -2.09. The van der Waals surface area contributed by atoms with E-state index in [1.807, 2.05) is 24.3 Å². The summed E-state index contributed by atoms with van der Waals surface area (Å²) in [5.74, 6) is -0.599. The average Bonchev–Trinajstić information content (AvgIpc) is 2.70. The largest absolute Gasteiger partial charge is 0.484 e. The predicted molar refractivity (Wildman–Crippen MR) is 94.0 cm³/mol. The number of carbonyl (C=O) groups is 2. The van der Waals surface area contributed by atoms with Crippen LogP contribution >= 0.6 is 0 Å². The third-order valence-corrected chi connectivity index (χ3v) is 3.56. The molecule has 0 aliphatic heterocycles. The summed E-state index contributed by atoms with van der Waals surface area (Å²) >= 11 is 0. The number of aromatic nitrogens is 1. The minimum Gasteiger partial charge on any atom is -0.484 e. The van der Waals surface area contributed by atoms with Crippen molar-refractivity contribution < 1.29 is 14.3 Å². The van der Waals surface area contributed by atoms with Gasteiger partial charge >= 0.3 is 0 Å². The van der Waals surface area contributed by atoms with Gasteiger partial charge in [0, 0.05) is 11.6 Å². The molecule has 0 unspecified atom stereocenters. The Morgan fingerprint density at radius 2 is 1.81 bits per heavy atom. The zero-order chi connectivity index (χ0) is 18.4. The van der Waals surface area contributed by atoms with Crippen molar-refractivity contribution in [2.45, 2.75) is 0 Å². The van der Waals surface area contributed by atoms with Crippen molar-refractivity contribution in [1.29, 1.82) is 5.26 Å². The monoisotopic (exact) mass is 346 g/mol. The average molecular weight is 346 g/mol. The number of hydrazine groups is 1. The number of pyridine rings is 1. The van der Waals surface area contributed by atoms with Crippen LogP contribution in [0.1, 0.15) is 16.1 Å². The maximum atomic E-state index is 12.2. The molecule has 2 aromatic carbocycles. The summed E-state index contributed by atoms with van der Waals surface area (Å²) in [5.41, 5.74) is 5.32. The summed E-state index contributed by atoms with van der Waals surface area (Å²) in [6, 6.07) is 17.5. The molecule has 1 aromatic heterocycles. The first kappa shape index (κ1) is 16.9. The Morgan fingerprint density at radius 1 is 1.04 bits per heavy atom. The van der Waals surface area contributed by atoms with E-state index in [2.05, 4.69) is 15.8 Å². The van der Waals surface area contributed by atoms with Gasteiger partial charge in [-0.15, -0.1) is 0 Å². The van der Waals surface area contributed by atoms with Crippen LogP contribution in [0.4, 0.5) is 0 Å². The first-order valence-corrected chi connectivity index (χ1v) is 7.73. The Hall–Kier alpha value is -3.92. The fraction of sp³-hybridized carbons (Fsp3) is 0.0526. The zero-order valence-corrected chi connectivity index (χ0v) is 13.6. The van der Waals surface area contributed by atoms with Crippen molar-refractivity contribution in [2.75, 3.05) is 6.61 Å². The molecule has 3 rings (SSSR count). The number of benzene rings is 2. The lowest BCUT2D eigenvalue weighted by Crippen LogP contribution is -2.44. The van der Waals surface area contributed by atoms with Gasteiger partial charge in [-0.3, -0.25) is 25.4 Å². The van der Waals surface area contributed by atoms with Crippen molar-refractivity contribution >= 4 is 22.6 Å². The van der Waals surface area contributed by atoms with Crippen LogP contribution < -0.4 is 15.6 Å². The Balaban J connectivity index is 1.55. The highest BCUT2D eigenvalue weighted by molar-refractivity contribution is 6.05. The number of hydrogen-bond acceptors (Lipinski definition) is 5. The molecule has 2 amide bonds. The second-order valence-electron chi connectivity index (χ2n) is 5.31. The lowest BCUT2D eigenvalue weighted by atomic mass is 10.1. The molecule has 0 saturated heterocycles. The summed E-state index contributed by atoms with van der Waals surface area (Å²) in [6.07, 6.45) is 1.53. The molecule has 0 fully saturated rings. The van der Waals surface area contributed by atoms with Crippen molar-refractivity contribution in [3.8, 4) is 11.8 Å². The van der Waals surface area contributed by atoms with Crippen LogP contribution in [0.3, 0.4) is 0 Å². The van der Waals surface area contributed by atoms with Gasteiger partial charge in [-0.2, -0.15) is 5.26 Å². The summed E-state index contributed by atoms with van der Waals surface area (Å²) in [6.45, 7) is -0.283. The van der Waals surface area contributed by atoms with Crippen LogP contribution in [0.2, 0.25) is 0 Å². The van der Waals surface area contributed by atoms with E-state index in [1.54, 1.807) is 36.4 Å². The number of nitriles is 1. The fourth-order valence-corrected chi connectivity index (χ4v) is 2.30. The molecule has 0 aliphatic rings. The molecule has 128 valence electrons. The third kappa shape index (κ3) is 3.94. The van der Waals surface area contributed by atoms with Gasteiger partial charge in [0.15, 0.2) is 6.61 Å². The molecule has 1 heterocycles. The highest BCUT2D eigenvalue weighted by Gasteiger charge is 2.12. The number of ether oxygens (including phenoxy) is 1. The Labute approximate surface area is 149 Å². The van der Waals surface area contributed by atoms with E-state index in [9.17, 15) is 9.59 Å². The first-order chi connectivity index (χ1) is 12.7. The number of hydrogen-bond donors (Lipinski definition) is 2. The molecule has 0 bridgehead atoms. The summed E-state index contributed by atoms with van der Waals surface area (Å²) in [7, 11) is 0. The molecule has 2 N–H and O–H groups in total. The second-order valence-corrected chi connectivity index (χ2v) is 5.31. The predicted octanol–water partition coefficient (Wildman–Crippen LogP) is 1.95. The molecule has 7 nitrogen and oxygen atoms in total. The van der Waals surface area contributed by atoms with Gasteiger partial charge in [-0.05, 0) is 35.7 Å². The standard InChI is InChI=1S/C19H14N4O3/c20-11-13-5-7-15(8-6-13)26-12-17(24)22-23-19(25)18-16-4-2-1-3-14(16)9-10-21-18/h1-10H,12H2,(H,22,24)(H,23,25). The van der Waals surface area contributed by atoms with Crippen LogP contribution in [0.25, 0.3) is 10.8 Å². The van der Waals surface area contributed by atoms with Crippen LogP contribution in [0.15, 0.2) is 60.8 Å². The van der Waals surface area contributed by atoms with Crippen molar-refractivity contribution in [2.24, 2.45) is 0 Å². The molecule has 0 spiro atoms. The van der Waals surface area contributed by atoms with Gasteiger partial charge < -0.3 is 4.74 Å². The van der Waals surface area contributed by atoms with Gasteiger partial charge in [0.2, 0.25) is 0 Å². The minimum absolute atomic E-state index is 0.219. The van der Waals surface area contributed by atoms with Crippen molar-refractivity contribution in [3.05, 3.63) is 72.1 Å². The molecule has 0 radical (unpaired) electrons. The zero-order valence-electron chi connectivity index (χ0n) is 13.6. The normalized spacial score (nSPS) is 9.96. The minimum atomic E-state index is -0.525. The molecule has 0 saturated carbocycles. The number of nitrogens with zero attached hydrogens (tertiary/aromatic N) is 2. The first-order valence-electron chi connectivity index (χ1n) is 7.73. The van der Waals surface area contributed by atoms with E-state index < -0.39 is 11.8 Å². The number of fused-ring (bicyclic) bond motifs is 1. The molecule has 7 heteroatoms. The van der Waals surface area contributed by atoms with Gasteiger partial charge in [-0.25, -0.2) is 0 Å². The quantitative estimate of drug-likeness (QED) is 0.703. The van der Waals surface area contributed by atoms with E-state index in [-0.39, 0.29) is 12.3 Å². The van der Waals surface area contributed by atoms with E-state index in [1.165, 1.54) is 6.20 Å². The van der Waals surface area contributed by atoms with E-state index in [0.29, 0.717) is 16.7 Å². The number of carbonyl (C=O) groups excluding carboxylic acids is 2. The topological polar surface area (TPSA) is 104 Å². The van der Waals surface area contributed by atoms with Crippen LogP contribution in [0.5, 0.6) is 5.75 Å². The summed E-state index contributed by atoms with van der Waals surface area (Å²) < 4.78 is 5.29. The molecular formula is C19H14N4O3. The molecule has 26 heavy (non-hydrogen) atoms. The number of amides is 2. The summed E-state index contributed by atoms with van der Waals surface area (Å²) in [4.78, 5) is 28.1. The molecule has 3 aromatic rings. The Morgan fingerprint density at radius 3 is 2.58 bits per heavy atom. The smallest absolute Gasteiger partial charge is 0.288 e. The number of nitrogens with one attached hydrogen (secondary N) is 2. The maximum Gasteiger partial charge on any atom is 0.288 e. The van der Waals surface area contributed by atoms with E-state index in [0.717, 1.165) is 5.39 Å². The van der Waals surface area contributed by atoms with E-state index in [4.69, 9.17) is 10.00 Å². The van der Waals surface area contributed by atoms with Gasteiger partial charge in [-0.1, -0.05) is 24.3 Å². The van der Waals surface area contributed by atoms with Crippen molar-refractivity contribution in [3.63, 3.8) is 0 Å². The van der Waals surface area contributed by atoms with Crippen molar-refractivity contribution in [1.82, 2.24) is 15.8 Å². The fourth-order valence-electron chi connectivity index (χ4n) is 2.30. The van der Waals surface area contributed by atoms with Crippen LogP contribution in [-0.2, 0) is 4.79 Å². The Bertz CT molecular complexity index is 988. The second kappa shape index (κ2) is 7.77. The molecule has 0 aliphatic carbocycles. The van der Waals surface area contributed by atoms with Gasteiger partial charge in [0.1, 0.15) is 11.4 Å². The summed E-state index contributed by atoms with van der Waals surface area (Å²) in [5, 5.41) is 10.3. The van der Waals surface area contributed by atoms with Gasteiger partial charge in [0.05, 0.1) is 11.6 Å². The maximum absolute atomic E-state index is 12.2. The Kier molecular flexibility index (Phi) is 5.05. The van der Waals surface area contributed by atoms with Gasteiger partial charge in [0.25, 0.3) is 11.8 Å². The highest BCUT2D eigenvalue weighted by Crippen LogP contribution is 2.15. The highest BCUT2D eigenvalue weighted by atomic mass is 16.5. The van der Waals surface area contributed by atoms with E-state index >= 15 is 0 Å². The van der Waals surface area contributed by atoms with Crippen LogP contribution in [-0.4, -0.2) is 23.4 Å². The SMILES string of the molecule is N#Cc1ccc(OCC(=O)NNC(=O)c2nccc3ccccc23)cc1. The molecule has 0 atom stereocenters. The lowest BCUT2D eigenvalue weighted by molar-refractivity contribution is -0.123. The molecular weight excluding hydrogens is 332 g/mol.